The fraction of sp³-hybridized carbons (Fsp3) is 0.600. The number of sulfone groups is 1. The SMILES string of the molecule is COc1cccc(S(C)(=O)=O)c1C1(CN)CCCCC1. The van der Waals surface area contributed by atoms with Crippen LogP contribution in [-0.2, 0) is 15.3 Å². The molecule has 2 rings (SSSR count). The summed E-state index contributed by atoms with van der Waals surface area (Å²) in [5.74, 6) is 0.639. The molecule has 0 aromatic heterocycles. The van der Waals surface area contributed by atoms with Gasteiger partial charge in [0.15, 0.2) is 9.84 Å². The van der Waals surface area contributed by atoms with Gasteiger partial charge in [-0.05, 0) is 25.0 Å². The Kier molecular flexibility index (Phi) is 4.39. The van der Waals surface area contributed by atoms with E-state index in [-0.39, 0.29) is 5.41 Å². The second-order valence-electron chi connectivity index (χ2n) is 5.65. The van der Waals surface area contributed by atoms with Gasteiger partial charge in [0.05, 0.1) is 12.0 Å². The number of hydrogen-bond donors (Lipinski definition) is 1. The van der Waals surface area contributed by atoms with Crippen molar-refractivity contribution in [3.63, 3.8) is 0 Å². The number of nitrogens with two attached hydrogens (primary N) is 1. The van der Waals surface area contributed by atoms with Gasteiger partial charge in [0.2, 0.25) is 0 Å². The van der Waals surface area contributed by atoms with Gasteiger partial charge in [-0.1, -0.05) is 25.3 Å². The quantitative estimate of drug-likeness (QED) is 0.925. The first-order valence-corrected chi connectivity index (χ1v) is 8.91. The third-order valence-electron chi connectivity index (χ3n) is 4.34. The van der Waals surface area contributed by atoms with Crippen LogP contribution < -0.4 is 10.5 Å². The minimum atomic E-state index is -3.30. The van der Waals surface area contributed by atoms with E-state index < -0.39 is 9.84 Å². The summed E-state index contributed by atoms with van der Waals surface area (Å²) >= 11 is 0. The normalized spacial score (nSPS) is 18.8. The Hall–Kier alpha value is -1.07. The summed E-state index contributed by atoms with van der Waals surface area (Å²) in [4.78, 5) is 0.365. The summed E-state index contributed by atoms with van der Waals surface area (Å²) in [5, 5.41) is 0. The van der Waals surface area contributed by atoms with E-state index in [2.05, 4.69) is 0 Å². The van der Waals surface area contributed by atoms with Crippen molar-refractivity contribution in [2.24, 2.45) is 5.73 Å². The van der Waals surface area contributed by atoms with Crippen molar-refractivity contribution >= 4 is 9.84 Å². The molecule has 0 heterocycles. The van der Waals surface area contributed by atoms with Crippen molar-refractivity contribution in [1.29, 1.82) is 0 Å². The van der Waals surface area contributed by atoms with Crippen LogP contribution in [0.4, 0.5) is 0 Å². The molecular formula is C15H23NO3S. The minimum Gasteiger partial charge on any atom is -0.496 e. The lowest BCUT2D eigenvalue weighted by Crippen LogP contribution is -2.38. The Morgan fingerprint density at radius 2 is 1.90 bits per heavy atom. The maximum atomic E-state index is 12.1. The van der Waals surface area contributed by atoms with Gasteiger partial charge in [-0.2, -0.15) is 0 Å². The molecule has 1 saturated carbocycles. The van der Waals surface area contributed by atoms with E-state index in [1.807, 2.05) is 6.07 Å². The summed E-state index contributed by atoms with van der Waals surface area (Å²) in [7, 11) is -1.72. The smallest absolute Gasteiger partial charge is 0.175 e. The Bertz CT molecular complexity index is 575. The number of benzene rings is 1. The van der Waals surface area contributed by atoms with Crippen LogP contribution in [0.2, 0.25) is 0 Å². The lowest BCUT2D eigenvalue weighted by molar-refractivity contribution is 0.282. The first-order valence-electron chi connectivity index (χ1n) is 7.02. The first-order chi connectivity index (χ1) is 9.44. The molecule has 0 aliphatic heterocycles. The van der Waals surface area contributed by atoms with Gasteiger partial charge in [-0.25, -0.2) is 8.42 Å². The van der Waals surface area contributed by atoms with Crippen molar-refractivity contribution in [3.8, 4) is 5.75 Å². The van der Waals surface area contributed by atoms with Gasteiger partial charge in [0.1, 0.15) is 5.75 Å². The van der Waals surface area contributed by atoms with Crippen LogP contribution in [0.3, 0.4) is 0 Å². The molecular weight excluding hydrogens is 274 g/mol. The lowest BCUT2D eigenvalue weighted by Gasteiger charge is -2.38. The summed E-state index contributed by atoms with van der Waals surface area (Å²) in [5.41, 5.74) is 6.57. The second-order valence-corrected chi connectivity index (χ2v) is 7.63. The maximum Gasteiger partial charge on any atom is 0.175 e. The highest BCUT2D eigenvalue weighted by molar-refractivity contribution is 7.90. The van der Waals surface area contributed by atoms with Crippen LogP contribution in [-0.4, -0.2) is 28.3 Å². The molecule has 1 aliphatic carbocycles. The topological polar surface area (TPSA) is 69.4 Å². The zero-order valence-corrected chi connectivity index (χ0v) is 13.0. The van der Waals surface area contributed by atoms with E-state index in [0.717, 1.165) is 31.2 Å². The molecule has 4 nitrogen and oxygen atoms in total. The van der Waals surface area contributed by atoms with Gasteiger partial charge in [-0.15, -0.1) is 0 Å². The standard InChI is InChI=1S/C15H23NO3S/c1-19-12-7-6-8-13(20(2,17)18)14(12)15(11-16)9-4-3-5-10-15/h6-8H,3-5,9-11,16H2,1-2H3. The molecule has 1 fully saturated rings. The van der Waals surface area contributed by atoms with Crippen LogP contribution in [0.15, 0.2) is 23.1 Å². The van der Waals surface area contributed by atoms with Crippen molar-refractivity contribution in [2.45, 2.75) is 42.4 Å². The summed E-state index contributed by atoms with van der Waals surface area (Å²) in [6.45, 7) is 0.454. The molecule has 0 spiro atoms. The predicted octanol–water partition coefficient (Wildman–Crippen LogP) is 2.26. The van der Waals surface area contributed by atoms with Gasteiger partial charge in [0.25, 0.3) is 0 Å². The fourth-order valence-corrected chi connectivity index (χ4v) is 4.31. The van der Waals surface area contributed by atoms with Crippen LogP contribution in [0.5, 0.6) is 5.75 Å². The van der Waals surface area contributed by atoms with Gasteiger partial charge in [0, 0.05) is 23.8 Å². The van der Waals surface area contributed by atoms with Crippen LogP contribution in [0.25, 0.3) is 0 Å². The van der Waals surface area contributed by atoms with E-state index in [1.54, 1.807) is 19.2 Å². The van der Waals surface area contributed by atoms with Gasteiger partial charge in [-0.3, -0.25) is 0 Å². The van der Waals surface area contributed by atoms with Crippen molar-refractivity contribution in [1.82, 2.24) is 0 Å². The number of hydrogen-bond acceptors (Lipinski definition) is 4. The predicted molar refractivity (Wildman–Crippen MR) is 79.9 cm³/mol. The molecule has 1 aliphatic rings. The molecule has 5 heteroatoms. The molecule has 20 heavy (non-hydrogen) atoms. The Balaban J connectivity index is 2.69. The fourth-order valence-electron chi connectivity index (χ4n) is 3.30. The molecule has 112 valence electrons. The molecule has 1 aromatic rings. The van der Waals surface area contributed by atoms with E-state index in [0.29, 0.717) is 17.2 Å². The average molecular weight is 297 g/mol. The molecule has 2 N–H and O–H groups in total. The summed E-state index contributed by atoms with van der Waals surface area (Å²) in [6, 6.07) is 5.22. The lowest BCUT2D eigenvalue weighted by atomic mass is 9.69. The second kappa shape index (κ2) is 5.74. The molecule has 0 saturated heterocycles. The van der Waals surface area contributed by atoms with Crippen LogP contribution >= 0.6 is 0 Å². The molecule has 0 bridgehead atoms. The van der Waals surface area contributed by atoms with Gasteiger partial charge < -0.3 is 10.5 Å². The molecule has 0 amide bonds. The molecule has 0 unspecified atom stereocenters. The molecule has 0 radical (unpaired) electrons. The van der Waals surface area contributed by atoms with Gasteiger partial charge >= 0.3 is 0 Å². The van der Waals surface area contributed by atoms with E-state index in [1.165, 1.54) is 12.7 Å². The van der Waals surface area contributed by atoms with Crippen molar-refractivity contribution in [3.05, 3.63) is 23.8 Å². The Labute approximate surface area is 121 Å². The van der Waals surface area contributed by atoms with E-state index in [4.69, 9.17) is 10.5 Å². The molecule has 0 atom stereocenters. The van der Waals surface area contributed by atoms with Crippen molar-refractivity contribution < 1.29 is 13.2 Å². The van der Waals surface area contributed by atoms with Crippen LogP contribution in [0, 0.1) is 0 Å². The number of rotatable bonds is 4. The third kappa shape index (κ3) is 2.69. The minimum absolute atomic E-state index is 0.275. The summed E-state index contributed by atoms with van der Waals surface area (Å²) < 4.78 is 29.7. The Morgan fingerprint density at radius 3 is 2.40 bits per heavy atom. The average Bonchev–Trinajstić information content (AvgIpc) is 2.46. The maximum absolute atomic E-state index is 12.1. The van der Waals surface area contributed by atoms with E-state index >= 15 is 0 Å². The Morgan fingerprint density at radius 1 is 1.25 bits per heavy atom. The zero-order valence-electron chi connectivity index (χ0n) is 12.2. The largest absolute Gasteiger partial charge is 0.496 e. The number of ether oxygens (including phenoxy) is 1. The third-order valence-corrected chi connectivity index (χ3v) is 5.48. The summed E-state index contributed by atoms with van der Waals surface area (Å²) in [6.07, 6.45) is 6.44. The highest BCUT2D eigenvalue weighted by Crippen LogP contribution is 2.45. The zero-order chi connectivity index (χ0) is 14.8. The first kappa shape index (κ1) is 15.3. The highest BCUT2D eigenvalue weighted by atomic mass is 32.2. The van der Waals surface area contributed by atoms with E-state index in [9.17, 15) is 8.42 Å². The number of methoxy groups -OCH3 is 1. The molecule has 1 aromatic carbocycles. The monoisotopic (exact) mass is 297 g/mol. The van der Waals surface area contributed by atoms with Crippen LogP contribution in [0.1, 0.15) is 37.7 Å². The van der Waals surface area contributed by atoms with Crippen molar-refractivity contribution in [2.75, 3.05) is 19.9 Å². The highest BCUT2D eigenvalue weighted by Gasteiger charge is 2.38.